The molecular formula is C20H22BrN5O3S2. The minimum absolute atomic E-state index is 0.0951. The Labute approximate surface area is 194 Å². The number of amides is 1. The number of benzene rings is 2. The molecule has 164 valence electrons. The second-order valence-electron chi connectivity index (χ2n) is 6.61. The van der Waals surface area contributed by atoms with Crippen LogP contribution in [0.1, 0.15) is 11.4 Å². The Morgan fingerprint density at radius 2 is 1.87 bits per heavy atom. The lowest BCUT2D eigenvalue weighted by Crippen LogP contribution is -2.40. The zero-order valence-electron chi connectivity index (χ0n) is 16.8. The Morgan fingerprint density at radius 3 is 2.52 bits per heavy atom. The first-order valence-corrected chi connectivity index (χ1v) is 12.6. The van der Waals surface area contributed by atoms with Crippen molar-refractivity contribution in [2.24, 2.45) is 0 Å². The van der Waals surface area contributed by atoms with Gasteiger partial charge in [-0.15, -0.1) is 5.10 Å². The van der Waals surface area contributed by atoms with Crippen LogP contribution in [0, 0.1) is 6.92 Å². The number of carbonyl (C=O) groups is 1. The summed E-state index contributed by atoms with van der Waals surface area (Å²) >= 11 is 4.72. The number of nitrogens with one attached hydrogen (secondary N) is 2. The Kier molecular flexibility index (Phi) is 8.24. The lowest BCUT2D eigenvalue weighted by Gasteiger charge is -2.22. The molecule has 0 spiro atoms. The molecule has 0 bridgehead atoms. The lowest BCUT2D eigenvalue weighted by molar-refractivity contribution is -0.121. The van der Waals surface area contributed by atoms with Crippen LogP contribution in [0.5, 0.6) is 0 Å². The molecule has 3 rings (SSSR count). The first-order valence-electron chi connectivity index (χ1n) is 9.43. The molecule has 2 aromatic carbocycles. The highest BCUT2D eigenvalue weighted by Gasteiger charge is 2.26. The van der Waals surface area contributed by atoms with Crippen molar-refractivity contribution in [3.63, 3.8) is 0 Å². The van der Waals surface area contributed by atoms with E-state index in [9.17, 15) is 13.2 Å². The molecule has 1 amide bonds. The van der Waals surface area contributed by atoms with E-state index in [-0.39, 0.29) is 23.9 Å². The maximum atomic E-state index is 13.2. The molecule has 0 unspecified atom stereocenters. The van der Waals surface area contributed by atoms with Crippen LogP contribution >= 0.6 is 27.7 Å². The van der Waals surface area contributed by atoms with Crippen LogP contribution in [0.3, 0.4) is 0 Å². The largest absolute Gasteiger partial charge is 0.354 e. The first kappa shape index (κ1) is 23.5. The fourth-order valence-corrected chi connectivity index (χ4v) is 5.05. The minimum atomic E-state index is -3.86. The van der Waals surface area contributed by atoms with E-state index in [1.165, 1.54) is 28.2 Å². The summed E-state index contributed by atoms with van der Waals surface area (Å²) in [6, 6.07) is 15.6. The van der Waals surface area contributed by atoms with Gasteiger partial charge in [-0.2, -0.15) is 4.31 Å². The van der Waals surface area contributed by atoms with Crippen LogP contribution in [0.2, 0.25) is 0 Å². The molecule has 0 saturated heterocycles. The molecule has 0 fully saturated rings. The Hall–Kier alpha value is -2.21. The van der Waals surface area contributed by atoms with Gasteiger partial charge in [0.05, 0.1) is 11.4 Å². The van der Waals surface area contributed by atoms with Gasteiger partial charge in [-0.1, -0.05) is 58.0 Å². The second kappa shape index (κ2) is 10.9. The van der Waals surface area contributed by atoms with Crippen molar-refractivity contribution in [3.8, 4) is 0 Å². The molecular weight excluding hydrogens is 502 g/mol. The number of nitrogens with zero attached hydrogens (tertiary/aromatic N) is 3. The molecule has 11 heteroatoms. The van der Waals surface area contributed by atoms with Gasteiger partial charge in [0.1, 0.15) is 5.82 Å². The smallest absolute Gasteiger partial charge is 0.243 e. The number of halogens is 1. The van der Waals surface area contributed by atoms with Crippen molar-refractivity contribution in [2.45, 2.75) is 23.5 Å². The molecule has 0 saturated carbocycles. The van der Waals surface area contributed by atoms with Crippen molar-refractivity contribution in [1.29, 1.82) is 0 Å². The number of thioether (sulfide) groups is 1. The van der Waals surface area contributed by atoms with Crippen LogP contribution < -0.4 is 5.32 Å². The number of hydrogen-bond donors (Lipinski definition) is 2. The van der Waals surface area contributed by atoms with E-state index in [1.807, 2.05) is 37.3 Å². The first-order chi connectivity index (χ1) is 14.8. The second-order valence-corrected chi connectivity index (χ2v) is 10.5. The molecule has 0 radical (unpaired) electrons. The number of sulfonamides is 1. The minimum Gasteiger partial charge on any atom is -0.354 e. The zero-order chi connectivity index (χ0) is 22.3. The fourth-order valence-electron chi connectivity index (χ4n) is 2.70. The summed E-state index contributed by atoms with van der Waals surface area (Å²) in [5.41, 5.74) is 0.798. The molecule has 2 N–H and O–H groups in total. The molecule has 3 aromatic rings. The van der Waals surface area contributed by atoms with Crippen LogP contribution in [-0.2, 0) is 21.4 Å². The third kappa shape index (κ3) is 6.89. The summed E-state index contributed by atoms with van der Waals surface area (Å²) in [7, 11) is -3.86. The van der Waals surface area contributed by atoms with Crippen molar-refractivity contribution < 1.29 is 13.2 Å². The number of aryl methyl sites for hydroxylation is 1. The van der Waals surface area contributed by atoms with Gasteiger partial charge < -0.3 is 5.32 Å². The molecule has 1 aromatic heterocycles. The van der Waals surface area contributed by atoms with E-state index in [0.717, 1.165) is 15.9 Å². The molecule has 8 nitrogen and oxygen atoms in total. The van der Waals surface area contributed by atoms with Crippen molar-refractivity contribution in [1.82, 2.24) is 24.8 Å². The predicted octanol–water partition coefficient (Wildman–Crippen LogP) is 2.98. The summed E-state index contributed by atoms with van der Waals surface area (Å²) in [5, 5.41) is 10.2. The van der Waals surface area contributed by atoms with E-state index in [2.05, 4.69) is 36.4 Å². The number of hydrogen-bond acceptors (Lipinski definition) is 6. The van der Waals surface area contributed by atoms with E-state index < -0.39 is 10.0 Å². The maximum absolute atomic E-state index is 13.2. The third-order valence-electron chi connectivity index (χ3n) is 4.21. The predicted molar refractivity (Wildman–Crippen MR) is 123 cm³/mol. The van der Waals surface area contributed by atoms with Gasteiger partial charge in [-0.3, -0.25) is 9.89 Å². The van der Waals surface area contributed by atoms with Crippen molar-refractivity contribution in [3.05, 3.63) is 70.5 Å². The fraction of sp³-hybridized carbons (Fsp3) is 0.250. The number of H-pyrrole nitrogens is 1. The topological polar surface area (TPSA) is 108 Å². The van der Waals surface area contributed by atoms with E-state index in [0.29, 0.717) is 17.5 Å². The van der Waals surface area contributed by atoms with Gasteiger partial charge in [0.2, 0.25) is 21.1 Å². The summed E-state index contributed by atoms with van der Waals surface area (Å²) < 4.78 is 28.4. The molecule has 31 heavy (non-hydrogen) atoms. The SMILES string of the molecule is Cc1nc(SCCNC(=O)CN(Cc2ccccc2)S(=O)(=O)c2ccc(Br)cc2)n[nH]1. The van der Waals surface area contributed by atoms with Crippen LogP contribution in [0.4, 0.5) is 0 Å². The van der Waals surface area contributed by atoms with Gasteiger partial charge in [0.15, 0.2) is 0 Å². The zero-order valence-corrected chi connectivity index (χ0v) is 20.0. The molecule has 0 aliphatic heterocycles. The molecule has 1 heterocycles. The Bertz CT molecular complexity index is 1110. The lowest BCUT2D eigenvalue weighted by atomic mass is 10.2. The van der Waals surface area contributed by atoms with Gasteiger partial charge in [-0.05, 0) is 36.8 Å². The average Bonchev–Trinajstić information content (AvgIpc) is 3.17. The Balaban J connectivity index is 1.65. The highest BCUT2D eigenvalue weighted by atomic mass is 79.9. The number of carbonyl (C=O) groups excluding carboxylic acids is 1. The molecule has 0 aliphatic rings. The summed E-state index contributed by atoms with van der Waals surface area (Å²) in [6.07, 6.45) is 0. The van der Waals surface area contributed by atoms with Gasteiger partial charge in [-0.25, -0.2) is 13.4 Å². The number of aromatic nitrogens is 3. The van der Waals surface area contributed by atoms with E-state index in [4.69, 9.17) is 0 Å². The quantitative estimate of drug-likeness (QED) is 0.312. The summed E-state index contributed by atoms with van der Waals surface area (Å²) in [5.74, 6) is 0.922. The van der Waals surface area contributed by atoms with Gasteiger partial charge >= 0.3 is 0 Å². The Morgan fingerprint density at radius 1 is 1.16 bits per heavy atom. The highest BCUT2D eigenvalue weighted by Crippen LogP contribution is 2.20. The average molecular weight is 524 g/mol. The van der Waals surface area contributed by atoms with Gasteiger partial charge in [0.25, 0.3) is 0 Å². The maximum Gasteiger partial charge on any atom is 0.243 e. The van der Waals surface area contributed by atoms with E-state index >= 15 is 0 Å². The summed E-state index contributed by atoms with van der Waals surface area (Å²) in [4.78, 5) is 16.8. The standard InChI is InChI=1S/C20H22BrN5O3S2/c1-15-23-20(25-24-15)30-12-11-22-19(27)14-26(13-16-5-3-2-4-6-16)31(28,29)18-9-7-17(21)8-10-18/h2-10H,11-14H2,1H3,(H,22,27)(H,23,24,25). The van der Waals surface area contributed by atoms with Crippen molar-refractivity contribution in [2.75, 3.05) is 18.8 Å². The highest BCUT2D eigenvalue weighted by molar-refractivity contribution is 9.10. The van der Waals surface area contributed by atoms with Crippen molar-refractivity contribution >= 4 is 43.6 Å². The number of rotatable bonds is 10. The molecule has 0 aliphatic carbocycles. The third-order valence-corrected chi connectivity index (χ3v) is 7.39. The normalized spacial score (nSPS) is 11.6. The van der Waals surface area contributed by atoms with Crippen LogP contribution in [0.25, 0.3) is 0 Å². The van der Waals surface area contributed by atoms with E-state index in [1.54, 1.807) is 12.1 Å². The van der Waals surface area contributed by atoms with Crippen LogP contribution in [0.15, 0.2) is 69.1 Å². The molecule has 0 atom stereocenters. The number of aromatic amines is 1. The monoisotopic (exact) mass is 523 g/mol. The van der Waals surface area contributed by atoms with Crippen LogP contribution in [-0.4, -0.2) is 52.7 Å². The summed E-state index contributed by atoms with van der Waals surface area (Å²) in [6.45, 7) is 2.00. The van der Waals surface area contributed by atoms with Gasteiger partial charge in [0, 0.05) is 23.3 Å².